The van der Waals surface area contributed by atoms with Gasteiger partial charge >= 0.3 is 18.1 Å². The minimum Gasteiger partial charge on any atom is -0.508 e. The molecule has 9 heteroatoms. The Hall–Kier alpha value is -1.90. The van der Waals surface area contributed by atoms with Gasteiger partial charge in [0.15, 0.2) is 0 Å². The van der Waals surface area contributed by atoms with Crippen molar-refractivity contribution in [1.29, 1.82) is 0 Å². The zero-order valence-corrected chi connectivity index (χ0v) is 27.0. The topological polar surface area (TPSA) is 66.8 Å². The van der Waals surface area contributed by atoms with Gasteiger partial charge in [-0.05, 0) is 117 Å². The molecule has 0 bridgehead atoms. The molecule has 0 spiro atoms. The number of aromatic hydroxyl groups is 1. The number of unbranched alkanes of at least 4 members (excludes halogenated alkanes) is 6. The standard InChI is InChI=1S/C36H53F5O4/c1-3-45-33(44)24(14-11-20-35(37,38)36(39,40)41)12-9-7-5-4-6-8-10-13-25-22-26-23-27(42)15-16-28(26)29-19-21-34(2)30(32(25)29)17-18-31(34)43/h15-16,23-25,29-32,42-43H,3-14,17-22H2,1-2H3/t24?,25-,29?,30?,31+,32?,34+/m1/s1. The highest BCUT2D eigenvalue weighted by Crippen LogP contribution is 2.62. The number of ether oxygens (including phenoxy) is 1. The summed E-state index contributed by atoms with van der Waals surface area (Å²) >= 11 is 0. The number of alkyl halides is 5. The van der Waals surface area contributed by atoms with Crippen molar-refractivity contribution in [3.63, 3.8) is 0 Å². The molecule has 1 aromatic rings. The third kappa shape index (κ3) is 8.53. The van der Waals surface area contributed by atoms with Gasteiger partial charge in [0.2, 0.25) is 0 Å². The molecule has 4 rings (SSSR count). The summed E-state index contributed by atoms with van der Waals surface area (Å²) in [5.41, 5.74) is 2.70. The Balaban J connectivity index is 1.19. The van der Waals surface area contributed by atoms with Crippen LogP contribution in [0.1, 0.15) is 134 Å². The van der Waals surface area contributed by atoms with Crippen LogP contribution < -0.4 is 0 Å². The van der Waals surface area contributed by atoms with E-state index in [1.807, 2.05) is 12.1 Å². The quantitative estimate of drug-likeness (QED) is 0.107. The molecule has 4 nitrogen and oxygen atoms in total. The minimum absolute atomic E-state index is 0.00821. The summed E-state index contributed by atoms with van der Waals surface area (Å²) in [5, 5.41) is 21.1. The van der Waals surface area contributed by atoms with Gasteiger partial charge in [-0.1, -0.05) is 57.9 Å². The van der Waals surface area contributed by atoms with Crippen LogP contribution in [-0.2, 0) is 16.0 Å². The largest absolute Gasteiger partial charge is 0.508 e. The van der Waals surface area contributed by atoms with Crippen LogP contribution in [-0.4, -0.2) is 41.0 Å². The molecular weight excluding hydrogens is 591 g/mol. The van der Waals surface area contributed by atoms with Crippen molar-refractivity contribution in [2.75, 3.05) is 6.61 Å². The van der Waals surface area contributed by atoms with Gasteiger partial charge < -0.3 is 14.9 Å². The van der Waals surface area contributed by atoms with Crippen LogP contribution in [0.5, 0.6) is 5.75 Å². The Morgan fingerprint density at radius 1 is 0.978 bits per heavy atom. The summed E-state index contributed by atoms with van der Waals surface area (Å²) in [7, 11) is 0. The van der Waals surface area contributed by atoms with Gasteiger partial charge in [-0.15, -0.1) is 0 Å². The molecule has 0 aromatic heterocycles. The summed E-state index contributed by atoms with van der Waals surface area (Å²) in [4.78, 5) is 12.3. The van der Waals surface area contributed by atoms with E-state index in [9.17, 15) is 37.0 Å². The third-order valence-electron chi connectivity index (χ3n) is 11.5. The van der Waals surface area contributed by atoms with Crippen molar-refractivity contribution in [3.05, 3.63) is 29.3 Å². The second-order valence-electron chi connectivity index (χ2n) is 14.4. The van der Waals surface area contributed by atoms with Crippen molar-refractivity contribution < 1.29 is 41.7 Å². The number of hydrogen-bond acceptors (Lipinski definition) is 4. The molecule has 256 valence electrons. The van der Waals surface area contributed by atoms with E-state index in [-0.39, 0.29) is 31.0 Å². The molecule has 4 unspecified atom stereocenters. The normalized spacial score (nSPS) is 28.7. The number of carbonyl (C=O) groups is 1. The van der Waals surface area contributed by atoms with Gasteiger partial charge in [0, 0.05) is 6.42 Å². The fourth-order valence-corrected chi connectivity index (χ4v) is 9.06. The zero-order valence-electron chi connectivity index (χ0n) is 27.0. The summed E-state index contributed by atoms with van der Waals surface area (Å²) in [6.45, 7) is 4.10. The maximum Gasteiger partial charge on any atom is 0.453 e. The fourth-order valence-electron chi connectivity index (χ4n) is 9.06. The van der Waals surface area contributed by atoms with Gasteiger partial charge in [0.05, 0.1) is 18.6 Å². The van der Waals surface area contributed by atoms with Gasteiger partial charge in [-0.3, -0.25) is 4.79 Å². The van der Waals surface area contributed by atoms with Crippen LogP contribution in [0.15, 0.2) is 18.2 Å². The van der Waals surface area contributed by atoms with Crippen LogP contribution in [0.25, 0.3) is 0 Å². The van der Waals surface area contributed by atoms with Crippen LogP contribution in [0.4, 0.5) is 22.0 Å². The molecule has 1 aromatic carbocycles. The van der Waals surface area contributed by atoms with Gasteiger partial charge in [-0.2, -0.15) is 22.0 Å². The first-order valence-corrected chi connectivity index (χ1v) is 17.4. The van der Waals surface area contributed by atoms with E-state index in [0.29, 0.717) is 42.3 Å². The lowest BCUT2D eigenvalue weighted by Gasteiger charge is -2.53. The number of fused-ring (bicyclic) bond motifs is 5. The Morgan fingerprint density at radius 3 is 2.33 bits per heavy atom. The lowest BCUT2D eigenvalue weighted by atomic mass is 9.52. The Bertz CT molecular complexity index is 1110. The number of hydrogen-bond donors (Lipinski definition) is 2. The van der Waals surface area contributed by atoms with Crippen LogP contribution in [0.3, 0.4) is 0 Å². The van der Waals surface area contributed by atoms with Gasteiger partial charge in [0.1, 0.15) is 5.75 Å². The van der Waals surface area contributed by atoms with E-state index in [0.717, 1.165) is 77.0 Å². The number of aliphatic hydroxyl groups excluding tert-OH is 1. The van der Waals surface area contributed by atoms with E-state index >= 15 is 0 Å². The van der Waals surface area contributed by atoms with E-state index in [2.05, 4.69) is 13.0 Å². The first-order chi connectivity index (χ1) is 21.3. The van der Waals surface area contributed by atoms with Crippen molar-refractivity contribution in [2.45, 2.75) is 147 Å². The van der Waals surface area contributed by atoms with E-state index in [1.165, 1.54) is 11.1 Å². The molecule has 3 aliphatic carbocycles. The lowest BCUT2D eigenvalue weighted by molar-refractivity contribution is -0.284. The fraction of sp³-hybridized carbons (Fsp3) is 0.806. The van der Waals surface area contributed by atoms with Gasteiger partial charge in [0.25, 0.3) is 0 Å². The highest BCUT2D eigenvalue weighted by atomic mass is 19.4. The van der Waals surface area contributed by atoms with Crippen LogP contribution >= 0.6 is 0 Å². The number of aliphatic hydroxyl groups is 1. The number of carbonyl (C=O) groups excluding carboxylic acids is 1. The number of phenolic OH excluding ortho intramolecular Hbond substituents is 1. The third-order valence-corrected chi connectivity index (χ3v) is 11.5. The lowest BCUT2D eigenvalue weighted by Crippen LogP contribution is -2.47. The zero-order chi connectivity index (χ0) is 32.8. The first kappa shape index (κ1) is 35.9. The summed E-state index contributed by atoms with van der Waals surface area (Å²) in [6, 6.07) is 5.92. The Kier molecular flexibility index (Phi) is 12.2. The average molecular weight is 645 g/mol. The van der Waals surface area contributed by atoms with Crippen molar-refractivity contribution in [2.24, 2.45) is 29.1 Å². The SMILES string of the molecule is CCOC(=O)C(CCCCCCCCC[C@@H]1Cc2cc(O)ccc2C2CC[C@@]3(C)C(CC[C@@H]3O)C21)CCCC(F)(F)C(F)(F)F. The maximum absolute atomic E-state index is 13.3. The van der Waals surface area contributed by atoms with Crippen molar-refractivity contribution in [3.8, 4) is 5.75 Å². The van der Waals surface area contributed by atoms with E-state index in [4.69, 9.17) is 4.74 Å². The minimum atomic E-state index is -5.57. The molecule has 2 N–H and O–H groups in total. The predicted octanol–water partition coefficient (Wildman–Crippen LogP) is 9.89. The summed E-state index contributed by atoms with van der Waals surface area (Å²) in [5.74, 6) is -3.41. The Morgan fingerprint density at radius 2 is 1.64 bits per heavy atom. The maximum atomic E-state index is 13.3. The molecule has 3 aliphatic rings. The Labute approximate surface area is 265 Å². The number of phenols is 1. The number of halogens is 5. The van der Waals surface area contributed by atoms with Crippen molar-refractivity contribution in [1.82, 2.24) is 0 Å². The van der Waals surface area contributed by atoms with E-state index < -0.39 is 30.4 Å². The molecule has 0 heterocycles. The number of esters is 1. The number of rotatable bonds is 16. The van der Waals surface area contributed by atoms with Crippen molar-refractivity contribution >= 4 is 5.97 Å². The molecule has 0 saturated heterocycles. The summed E-state index contributed by atoms with van der Waals surface area (Å²) in [6.07, 6.45) is 6.22. The van der Waals surface area contributed by atoms with Crippen LogP contribution in [0, 0.1) is 29.1 Å². The first-order valence-electron chi connectivity index (χ1n) is 17.4. The molecule has 0 aliphatic heterocycles. The molecule has 2 fully saturated rings. The highest BCUT2D eigenvalue weighted by Gasteiger charge is 2.57. The predicted molar refractivity (Wildman–Crippen MR) is 164 cm³/mol. The monoisotopic (exact) mass is 644 g/mol. The van der Waals surface area contributed by atoms with E-state index in [1.54, 1.807) is 6.92 Å². The highest BCUT2D eigenvalue weighted by molar-refractivity contribution is 5.72. The smallest absolute Gasteiger partial charge is 0.453 e. The molecule has 2 saturated carbocycles. The molecule has 7 atom stereocenters. The second-order valence-corrected chi connectivity index (χ2v) is 14.4. The molecule has 0 amide bonds. The van der Waals surface area contributed by atoms with Crippen LogP contribution in [0.2, 0.25) is 0 Å². The second kappa shape index (κ2) is 15.3. The molecule has 0 radical (unpaired) electrons. The number of benzene rings is 1. The molecule has 45 heavy (non-hydrogen) atoms. The summed E-state index contributed by atoms with van der Waals surface area (Å²) < 4.78 is 69.0. The molecular formula is C36H53F5O4. The average Bonchev–Trinajstić information content (AvgIpc) is 3.28. The van der Waals surface area contributed by atoms with Gasteiger partial charge in [-0.25, -0.2) is 0 Å².